The second kappa shape index (κ2) is 9.13. The van der Waals surface area contributed by atoms with Crippen LogP contribution in [0.4, 0.5) is 14.5 Å². The minimum atomic E-state index is -3.90. The summed E-state index contributed by atoms with van der Waals surface area (Å²) in [7, 11) is -1.05. The lowest BCUT2D eigenvalue weighted by Crippen LogP contribution is -2.27. The van der Waals surface area contributed by atoms with E-state index in [1.165, 1.54) is 38.4 Å². The Kier molecular flexibility index (Phi) is 6.55. The highest BCUT2D eigenvalue weighted by Crippen LogP contribution is 2.30. The Morgan fingerprint density at radius 1 is 1.03 bits per heavy atom. The molecule has 1 amide bonds. The van der Waals surface area contributed by atoms with Crippen molar-refractivity contribution in [2.24, 2.45) is 0 Å². The number of carbonyl (C=O) groups is 1. The Morgan fingerprint density at radius 2 is 1.71 bits per heavy atom. The summed E-state index contributed by atoms with van der Waals surface area (Å²) in [4.78, 5) is 12.3. The Hall–Kier alpha value is -3.46. The van der Waals surface area contributed by atoms with Gasteiger partial charge in [-0.3, -0.25) is 9.10 Å². The fourth-order valence-corrected chi connectivity index (χ4v) is 4.12. The summed E-state index contributed by atoms with van der Waals surface area (Å²) in [6, 6.07) is 15.0. The quantitative estimate of drug-likeness (QED) is 0.600. The van der Waals surface area contributed by atoms with Crippen LogP contribution in [0, 0.1) is 11.6 Å². The van der Waals surface area contributed by atoms with Crippen molar-refractivity contribution in [1.29, 1.82) is 0 Å². The Morgan fingerprint density at radius 3 is 2.39 bits per heavy atom. The van der Waals surface area contributed by atoms with Crippen LogP contribution in [-0.2, 0) is 16.6 Å². The molecule has 3 aromatic carbocycles. The maximum Gasteiger partial charge on any atom is 0.264 e. The lowest BCUT2D eigenvalue weighted by Gasteiger charge is -2.21. The Bertz CT molecular complexity index is 1200. The second-order valence-corrected chi connectivity index (χ2v) is 8.56. The number of hydrogen-bond acceptors (Lipinski definition) is 4. The zero-order chi connectivity index (χ0) is 22.6. The molecule has 6 nitrogen and oxygen atoms in total. The lowest BCUT2D eigenvalue weighted by molar-refractivity contribution is 0.0950. The van der Waals surface area contributed by atoms with Gasteiger partial charge in [-0.2, -0.15) is 0 Å². The predicted molar refractivity (Wildman–Crippen MR) is 113 cm³/mol. The third-order valence-corrected chi connectivity index (χ3v) is 6.43. The number of nitrogens with zero attached hydrogens (tertiary/aromatic N) is 1. The highest BCUT2D eigenvalue weighted by atomic mass is 32.2. The third-order valence-electron chi connectivity index (χ3n) is 4.65. The average molecular weight is 446 g/mol. The van der Waals surface area contributed by atoms with Crippen molar-refractivity contribution in [3.63, 3.8) is 0 Å². The van der Waals surface area contributed by atoms with Crippen LogP contribution in [0.3, 0.4) is 0 Å². The summed E-state index contributed by atoms with van der Waals surface area (Å²) >= 11 is 0. The Labute approximate surface area is 179 Å². The molecule has 162 valence electrons. The molecule has 0 unspecified atom stereocenters. The molecule has 0 aliphatic heterocycles. The van der Waals surface area contributed by atoms with Crippen molar-refractivity contribution in [3.05, 3.63) is 89.5 Å². The highest BCUT2D eigenvalue weighted by molar-refractivity contribution is 7.92. The van der Waals surface area contributed by atoms with Gasteiger partial charge in [-0.1, -0.05) is 12.1 Å². The molecule has 0 aromatic heterocycles. The number of rotatable bonds is 7. The van der Waals surface area contributed by atoms with Crippen LogP contribution in [-0.4, -0.2) is 28.5 Å². The number of ether oxygens (including phenoxy) is 1. The van der Waals surface area contributed by atoms with Gasteiger partial charge >= 0.3 is 0 Å². The van der Waals surface area contributed by atoms with Crippen molar-refractivity contribution < 1.29 is 26.7 Å². The number of halogens is 2. The summed E-state index contributed by atoms with van der Waals surface area (Å²) < 4.78 is 59.1. The van der Waals surface area contributed by atoms with E-state index in [9.17, 15) is 22.0 Å². The third kappa shape index (κ3) is 4.83. The summed E-state index contributed by atoms with van der Waals surface area (Å²) in [6.07, 6.45) is 0. The number of para-hydroxylation sites is 2. The number of methoxy groups -OCH3 is 1. The standard InChI is InChI=1S/C22H20F2N2O4S/c1-26(20-5-3-4-6-21(20)30-2)31(28,29)18-10-7-15(8-11-18)22(27)25-14-16-13-17(23)9-12-19(16)24/h3-13H,14H2,1-2H3,(H,25,27). The molecule has 0 heterocycles. The van der Waals surface area contributed by atoms with Crippen molar-refractivity contribution >= 4 is 21.6 Å². The van der Waals surface area contributed by atoms with E-state index in [1.807, 2.05) is 0 Å². The van der Waals surface area contributed by atoms with Gasteiger partial charge in [0.15, 0.2) is 0 Å². The first kappa shape index (κ1) is 22.2. The number of amides is 1. The number of sulfonamides is 1. The normalized spacial score (nSPS) is 11.1. The van der Waals surface area contributed by atoms with Crippen LogP contribution >= 0.6 is 0 Å². The van der Waals surface area contributed by atoms with Crippen molar-refractivity contribution in [3.8, 4) is 5.75 Å². The van der Waals surface area contributed by atoms with Gasteiger partial charge in [-0.15, -0.1) is 0 Å². The van der Waals surface area contributed by atoms with Gasteiger partial charge in [0, 0.05) is 24.7 Å². The first-order valence-corrected chi connectivity index (χ1v) is 10.6. The molecule has 0 spiro atoms. The van der Waals surface area contributed by atoms with Crippen LogP contribution in [0.5, 0.6) is 5.75 Å². The first-order valence-electron chi connectivity index (χ1n) is 9.18. The first-order chi connectivity index (χ1) is 14.7. The molecule has 31 heavy (non-hydrogen) atoms. The predicted octanol–water partition coefficient (Wildman–Crippen LogP) is 3.73. The van der Waals surface area contributed by atoms with Gasteiger partial charge in [0.05, 0.1) is 17.7 Å². The molecular weight excluding hydrogens is 426 g/mol. The topological polar surface area (TPSA) is 75.7 Å². The summed E-state index contributed by atoms with van der Waals surface area (Å²) in [5.41, 5.74) is 0.547. The number of benzene rings is 3. The van der Waals surface area contributed by atoms with E-state index >= 15 is 0 Å². The highest BCUT2D eigenvalue weighted by Gasteiger charge is 2.24. The van der Waals surface area contributed by atoms with E-state index in [-0.39, 0.29) is 22.6 Å². The second-order valence-electron chi connectivity index (χ2n) is 6.59. The molecule has 0 saturated carbocycles. The number of carbonyl (C=O) groups excluding carboxylic acids is 1. The maximum atomic E-state index is 13.7. The zero-order valence-electron chi connectivity index (χ0n) is 16.8. The molecule has 0 atom stereocenters. The van der Waals surface area contributed by atoms with Crippen molar-refractivity contribution in [2.45, 2.75) is 11.4 Å². The van der Waals surface area contributed by atoms with E-state index in [1.54, 1.807) is 24.3 Å². The van der Waals surface area contributed by atoms with Gasteiger partial charge in [0.2, 0.25) is 0 Å². The molecular formula is C22H20F2N2O4S. The van der Waals surface area contributed by atoms with E-state index in [4.69, 9.17) is 4.74 Å². The van der Waals surface area contributed by atoms with Crippen molar-refractivity contribution in [2.75, 3.05) is 18.5 Å². The minimum absolute atomic E-state index is 0.00554. The van der Waals surface area contributed by atoms with Crippen molar-refractivity contribution in [1.82, 2.24) is 5.32 Å². The van der Waals surface area contributed by atoms with E-state index in [0.717, 1.165) is 22.5 Å². The van der Waals surface area contributed by atoms with Crippen LogP contribution in [0.15, 0.2) is 71.6 Å². The summed E-state index contributed by atoms with van der Waals surface area (Å²) in [5, 5.41) is 2.48. The minimum Gasteiger partial charge on any atom is -0.495 e. The van der Waals surface area contributed by atoms with Crippen LogP contribution in [0.2, 0.25) is 0 Å². The van der Waals surface area contributed by atoms with Gasteiger partial charge < -0.3 is 10.1 Å². The van der Waals surface area contributed by atoms with Gasteiger partial charge in [0.1, 0.15) is 17.4 Å². The monoisotopic (exact) mass is 446 g/mol. The smallest absolute Gasteiger partial charge is 0.264 e. The zero-order valence-corrected chi connectivity index (χ0v) is 17.6. The lowest BCUT2D eigenvalue weighted by atomic mass is 10.2. The largest absolute Gasteiger partial charge is 0.495 e. The number of nitrogens with one attached hydrogen (secondary N) is 1. The SMILES string of the molecule is COc1ccccc1N(C)S(=O)(=O)c1ccc(C(=O)NCc2cc(F)ccc2F)cc1. The molecule has 0 bridgehead atoms. The van der Waals surface area contributed by atoms with E-state index < -0.39 is 27.6 Å². The molecule has 0 saturated heterocycles. The van der Waals surface area contributed by atoms with Gasteiger partial charge in [0.25, 0.3) is 15.9 Å². The van der Waals surface area contributed by atoms with E-state index in [2.05, 4.69) is 5.32 Å². The molecule has 1 N–H and O–H groups in total. The van der Waals surface area contributed by atoms with Crippen LogP contribution in [0.1, 0.15) is 15.9 Å². The average Bonchev–Trinajstić information content (AvgIpc) is 2.78. The molecule has 3 rings (SSSR count). The molecule has 0 aliphatic rings. The van der Waals surface area contributed by atoms with E-state index in [0.29, 0.717) is 11.4 Å². The fraction of sp³-hybridized carbons (Fsp3) is 0.136. The molecule has 0 aliphatic carbocycles. The summed E-state index contributed by atoms with van der Waals surface area (Å²) in [6.45, 7) is -0.209. The van der Waals surface area contributed by atoms with Crippen LogP contribution < -0.4 is 14.4 Å². The van der Waals surface area contributed by atoms with Gasteiger partial charge in [-0.05, 0) is 54.6 Å². The number of anilines is 1. The molecule has 9 heteroatoms. The number of hydrogen-bond donors (Lipinski definition) is 1. The van der Waals surface area contributed by atoms with Crippen LogP contribution in [0.25, 0.3) is 0 Å². The fourth-order valence-electron chi connectivity index (χ4n) is 2.91. The summed E-state index contributed by atoms with van der Waals surface area (Å²) in [5.74, 6) is -1.40. The molecule has 0 radical (unpaired) electrons. The van der Waals surface area contributed by atoms with Gasteiger partial charge in [-0.25, -0.2) is 17.2 Å². The Balaban J connectivity index is 1.75. The maximum absolute atomic E-state index is 13.7. The molecule has 3 aromatic rings. The molecule has 0 fully saturated rings.